The molecule has 0 radical (unpaired) electrons. The maximum absolute atomic E-state index is 5.55. The van der Waals surface area contributed by atoms with E-state index in [2.05, 4.69) is 67.1 Å². The molecule has 36 heavy (non-hydrogen) atoms. The molecule has 0 amide bonds. The molecule has 8 nitrogen and oxygen atoms in total. The quantitative estimate of drug-likeness (QED) is 0.366. The van der Waals surface area contributed by atoms with Crippen molar-refractivity contribution in [1.29, 1.82) is 0 Å². The molecule has 1 saturated heterocycles. The third-order valence-corrected chi connectivity index (χ3v) is 8.06. The van der Waals surface area contributed by atoms with E-state index in [0.29, 0.717) is 18.0 Å². The number of nitrogens with one attached hydrogen (secondary N) is 2. The number of fused-ring (bicyclic) bond motifs is 1. The van der Waals surface area contributed by atoms with Crippen LogP contribution in [0.4, 0.5) is 16.8 Å². The van der Waals surface area contributed by atoms with Crippen LogP contribution in [0, 0.1) is 6.92 Å². The van der Waals surface area contributed by atoms with E-state index in [-0.39, 0.29) is 0 Å². The summed E-state index contributed by atoms with van der Waals surface area (Å²) in [6.07, 6.45) is 6.82. The number of benzene rings is 1. The molecule has 0 bridgehead atoms. The highest BCUT2D eigenvalue weighted by molar-refractivity contribution is 7.10. The van der Waals surface area contributed by atoms with E-state index in [1.165, 1.54) is 29.9 Å². The minimum atomic E-state index is 0.402. The molecular formula is C27H33N7OS. The predicted molar refractivity (Wildman–Crippen MR) is 145 cm³/mol. The topological polar surface area (TPSA) is 80.1 Å². The highest BCUT2D eigenvalue weighted by Crippen LogP contribution is 2.31. The molecule has 0 unspecified atom stereocenters. The molecule has 2 aliphatic rings. The molecule has 4 aromatic rings. The number of rotatable bonds is 7. The van der Waals surface area contributed by atoms with Gasteiger partial charge >= 0.3 is 0 Å². The minimum Gasteiger partial charge on any atom is -0.379 e. The molecule has 3 aromatic heterocycles. The molecule has 0 spiro atoms. The van der Waals surface area contributed by atoms with Crippen LogP contribution in [0.25, 0.3) is 11.0 Å². The minimum absolute atomic E-state index is 0.402. The summed E-state index contributed by atoms with van der Waals surface area (Å²) in [7, 11) is 0. The standard InChI is InChI=1S/C27H33N7OS/c1-19-17-24(36-32-19)30-27-29-23-11-12-34(18-20-5-3-2-4-6-20)25(23)26(31-27)28-21-7-9-22(10-8-21)33-13-15-35-16-14-33/h2-6,11-12,17,21-22H,7-10,13-16,18H2,1H3,(H2,28,29,30,31)/t21-,22-. The van der Waals surface area contributed by atoms with Crippen LogP contribution in [0.2, 0.25) is 0 Å². The Balaban J connectivity index is 1.25. The third-order valence-electron chi connectivity index (χ3n) is 7.27. The second-order valence-electron chi connectivity index (χ2n) is 9.81. The van der Waals surface area contributed by atoms with E-state index >= 15 is 0 Å². The summed E-state index contributed by atoms with van der Waals surface area (Å²) < 4.78 is 12.2. The number of morpholine rings is 1. The van der Waals surface area contributed by atoms with Gasteiger partial charge in [-0.2, -0.15) is 9.36 Å². The number of ether oxygens (including phenoxy) is 1. The lowest BCUT2D eigenvalue weighted by molar-refractivity contribution is 0.00791. The fraction of sp³-hybridized carbons (Fsp3) is 0.444. The fourth-order valence-electron chi connectivity index (χ4n) is 5.43. The predicted octanol–water partition coefficient (Wildman–Crippen LogP) is 5.04. The van der Waals surface area contributed by atoms with Gasteiger partial charge in [-0.05, 0) is 61.8 Å². The normalized spacial score (nSPS) is 21.0. The summed E-state index contributed by atoms with van der Waals surface area (Å²) >= 11 is 1.43. The van der Waals surface area contributed by atoms with Gasteiger partial charge in [0.25, 0.3) is 0 Å². The molecule has 9 heteroatoms. The van der Waals surface area contributed by atoms with Gasteiger partial charge in [0.15, 0.2) is 5.82 Å². The van der Waals surface area contributed by atoms with Gasteiger partial charge in [-0.25, -0.2) is 4.98 Å². The van der Waals surface area contributed by atoms with Crippen molar-refractivity contribution in [2.75, 3.05) is 36.9 Å². The van der Waals surface area contributed by atoms with Crippen LogP contribution in [0.1, 0.15) is 36.9 Å². The molecule has 2 fully saturated rings. The highest BCUT2D eigenvalue weighted by atomic mass is 32.1. The van der Waals surface area contributed by atoms with Crippen molar-refractivity contribution in [1.82, 2.24) is 23.8 Å². The van der Waals surface area contributed by atoms with Crippen LogP contribution in [0.15, 0.2) is 48.7 Å². The van der Waals surface area contributed by atoms with Crippen LogP contribution in [0.5, 0.6) is 0 Å². The maximum atomic E-state index is 5.55. The van der Waals surface area contributed by atoms with Crippen molar-refractivity contribution >= 4 is 39.3 Å². The smallest absolute Gasteiger partial charge is 0.230 e. The second kappa shape index (κ2) is 10.5. The van der Waals surface area contributed by atoms with Gasteiger partial charge < -0.3 is 19.9 Å². The number of hydrogen-bond donors (Lipinski definition) is 2. The third kappa shape index (κ3) is 5.23. The van der Waals surface area contributed by atoms with Gasteiger partial charge in [0.1, 0.15) is 10.5 Å². The molecule has 1 saturated carbocycles. The summed E-state index contributed by atoms with van der Waals surface area (Å²) in [5, 5.41) is 8.14. The Morgan fingerprint density at radius 3 is 2.58 bits per heavy atom. The van der Waals surface area contributed by atoms with Gasteiger partial charge in [0, 0.05) is 37.9 Å². The Morgan fingerprint density at radius 2 is 1.83 bits per heavy atom. The summed E-state index contributed by atoms with van der Waals surface area (Å²) in [5.74, 6) is 1.51. The first-order valence-corrected chi connectivity index (χ1v) is 13.7. The number of aromatic nitrogens is 4. The van der Waals surface area contributed by atoms with Crippen molar-refractivity contribution < 1.29 is 4.74 Å². The van der Waals surface area contributed by atoms with E-state index < -0.39 is 0 Å². The first-order chi connectivity index (χ1) is 17.7. The number of hydrogen-bond acceptors (Lipinski definition) is 8. The van der Waals surface area contributed by atoms with E-state index in [4.69, 9.17) is 14.7 Å². The van der Waals surface area contributed by atoms with Crippen molar-refractivity contribution in [3.05, 3.63) is 59.9 Å². The first-order valence-electron chi connectivity index (χ1n) is 12.9. The summed E-state index contributed by atoms with van der Waals surface area (Å²) in [6.45, 7) is 6.64. The lowest BCUT2D eigenvalue weighted by Crippen LogP contribution is -2.46. The Hall–Kier alpha value is -3.01. The van der Waals surface area contributed by atoms with E-state index in [1.807, 2.05) is 13.0 Å². The molecule has 1 aliphatic carbocycles. The average Bonchev–Trinajstić information content (AvgIpc) is 3.51. The first kappa shape index (κ1) is 23.4. The lowest BCUT2D eigenvalue weighted by Gasteiger charge is -2.39. The maximum Gasteiger partial charge on any atom is 0.230 e. The summed E-state index contributed by atoms with van der Waals surface area (Å²) in [6, 6.07) is 15.7. The zero-order valence-corrected chi connectivity index (χ0v) is 21.5. The molecular weight excluding hydrogens is 470 g/mol. The summed E-state index contributed by atoms with van der Waals surface area (Å²) in [5.41, 5.74) is 4.25. The van der Waals surface area contributed by atoms with Crippen LogP contribution >= 0.6 is 11.5 Å². The van der Waals surface area contributed by atoms with Crippen molar-refractivity contribution in [3.8, 4) is 0 Å². The Morgan fingerprint density at radius 1 is 1.03 bits per heavy atom. The Labute approximate surface area is 215 Å². The second-order valence-corrected chi connectivity index (χ2v) is 10.6. The highest BCUT2D eigenvalue weighted by Gasteiger charge is 2.28. The van der Waals surface area contributed by atoms with Gasteiger partial charge in [-0.3, -0.25) is 4.90 Å². The number of anilines is 3. The Kier molecular flexibility index (Phi) is 6.85. The molecule has 1 aromatic carbocycles. The molecule has 188 valence electrons. The zero-order valence-electron chi connectivity index (χ0n) is 20.7. The monoisotopic (exact) mass is 503 g/mol. The van der Waals surface area contributed by atoms with Gasteiger partial charge in [0.05, 0.1) is 24.4 Å². The SMILES string of the molecule is Cc1cc(Nc2nc(N[C@H]3CC[C@H](N4CCOCC4)CC3)c3c(ccn3Cc3ccccc3)n2)sn1. The van der Waals surface area contributed by atoms with E-state index in [0.717, 1.165) is 73.2 Å². The molecule has 1 aliphatic heterocycles. The van der Waals surface area contributed by atoms with Gasteiger partial charge in [0.2, 0.25) is 5.95 Å². The molecule has 6 rings (SSSR count). The van der Waals surface area contributed by atoms with Crippen molar-refractivity contribution in [2.45, 2.75) is 51.2 Å². The zero-order chi connectivity index (χ0) is 24.3. The molecule has 4 heterocycles. The largest absolute Gasteiger partial charge is 0.379 e. The number of aryl methyl sites for hydroxylation is 1. The van der Waals surface area contributed by atoms with E-state index in [9.17, 15) is 0 Å². The van der Waals surface area contributed by atoms with Gasteiger partial charge in [-0.1, -0.05) is 30.3 Å². The Bertz CT molecular complexity index is 1290. The van der Waals surface area contributed by atoms with Crippen LogP contribution in [-0.4, -0.2) is 62.2 Å². The van der Waals surface area contributed by atoms with Crippen LogP contribution in [0.3, 0.4) is 0 Å². The fourth-order valence-corrected chi connectivity index (χ4v) is 6.08. The average molecular weight is 504 g/mol. The van der Waals surface area contributed by atoms with Crippen LogP contribution in [-0.2, 0) is 11.3 Å². The molecule has 0 atom stereocenters. The van der Waals surface area contributed by atoms with Gasteiger partial charge in [-0.15, -0.1) is 0 Å². The van der Waals surface area contributed by atoms with E-state index in [1.54, 1.807) is 0 Å². The van der Waals surface area contributed by atoms with Crippen molar-refractivity contribution in [2.24, 2.45) is 0 Å². The number of nitrogens with zero attached hydrogens (tertiary/aromatic N) is 5. The molecule has 2 N–H and O–H groups in total. The van der Waals surface area contributed by atoms with Crippen molar-refractivity contribution in [3.63, 3.8) is 0 Å². The summed E-state index contributed by atoms with van der Waals surface area (Å²) in [4.78, 5) is 12.4. The lowest BCUT2D eigenvalue weighted by atomic mass is 9.90. The van der Waals surface area contributed by atoms with Crippen LogP contribution < -0.4 is 10.6 Å².